The van der Waals surface area contributed by atoms with Gasteiger partial charge in [0.1, 0.15) is 17.3 Å². The SMILES string of the molecule is CCCCCOc1ccc(C2/C(=C(\O)c3ccc(OCCC)cc3)C(=O)C(=O)N2c2nc3ccc(OCC)cc3s2)cc1OC. The van der Waals surface area contributed by atoms with Gasteiger partial charge in [0.05, 0.1) is 48.8 Å². The standard InChI is InChI=1S/C35H38N2O7S/c1-5-8-9-19-44-27-17-12-23(20-28(27)41-4)31-30(32(38)22-10-13-24(14-11-22)43-18-6-2)33(39)34(40)37(31)35-36-26-16-15-25(42-7-3)21-29(26)45-35/h10-17,20-21,31,38H,5-9,18-19H2,1-4H3/b32-30+. The van der Waals surface area contributed by atoms with Crippen molar-refractivity contribution in [1.29, 1.82) is 0 Å². The molecule has 0 radical (unpaired) electrons. The van der Waals surface area contributed by atoms with E-state index >= 15 is 0 Å². The van der Waals surface area contributed by atoms with Gasteiger partial charge in [0.15, 0.2) is 16.6 Å². The molecule has 10 heteroatoms. The van der Waals surface area contributed by atoms with Crippen LogP contribution in [0.25, 0.3) is 16.0 Å². The van der Waals surface area contributed by atoms with Gasteiger partial charge >= 0.3 is 5.91 Å². The van der Waals surface area contributed by atoms with E-state index in [1.54, 1.807) is 49.6 Å². The lowest BCUT2D eigenvalue weighted by Crippen LogP contribution is -2.29. The number of hydrogen-bond donors (Lipinski definition) is 1. The average Bonchev–Trinajstić information content (AvgIpc) is 3.59. The Hall–Kier alpha value is -4.57. The molecule has 1 atom stereocenters. The third-order valence-corrected chi connectivity index (χ3v) is 8.44. The lowest BCUT2D eigenvalue weighted by atomic mass is 9.95. The largest absolute Gasteiger partial charge is 0.507 e. The predicted molar refractivity (Wildman–Crippen MR) is 176 cm³/mol. The number of aliphatic hydroxyl groups is 1. The van der Waals surface area contributed by atoms with Crippen molar-refractivity contribution in [3.8, 4) is 23.0 Å². The van der Waals surface area contributed by atoms with Gasteiger partial charge in [-0.05, 0) is 79.9 Å². The van der Waals surface area contributed by atoms with Gasteiger partial charge in [-0.3, -0.25) is 14.5 Å². The normalized spacial score (nSPS) is 15.9. The molecule has 1 N–H and O–H groups in total. The molecular formula is C35H38N2O7S. The number of aliphatic hydroxyl groups excluding tert-OH is 1. The number of nitrogens with zero attached hydrogens (tertiary/aromatic N) is 2. The fourth-order valence-corrected chi connectivity index (χ4v) is 6.21. The molecule has 2 heterocycles. The van der Waals surface area contributed by atoms with Gasteiger partial charge in [0.25, 0.3) is 5.78 Å². The van der Waals surface area contributed by atoms with E-state index in [-0.39, 0.29) is 11.3 Å². The van der Waals surface area contributed by atoms with Crippen LogP contribution in [0.3, 0.4) is 0 Å². The van der Waals surface area contributed by atoms with E-state index in [0.29, 0.717) is 64.6 Å². The number of ether oxygens (including phenoxy) is 4. The van der Waals surface area contributed by atoms with E-state index < -0.39 is 17.7 Å². The molecule has 0 aliphatic carbocycles. The van der Waals surface area contributed by atoms with Gasteiger partial charge in [0, 0.05) is 5.56 Å². The van der Waals surface area contributed by atoms with E-state index in [0.717, 1.165) is 30.4 Å². The van der Waals surface area contributed by atoms with Crippen LogP contribution in [-0.4, -0.2) is 48.7 Å². The van der Waals surface area contributed by atoms with Gasteiger partial charge in [-0.1, -0.05) is 44.1 Å². The number of fused-ring (bicyclic) bond motifs is 1. The fraction of sp³-hybridized carbons (Fsp3) is 0.343. The quantitative estimate of drug-likeness (QED) is 0.0654. The van der Waals surface area contributed by atoms with Crippen molar-refractivity contribution in [3.05, 3.63) is 77.4 Å². The highest BCUT2D eigenvalue weighted by atomic mass is 32.1. The van der Waals surface area contributed by atoms with E-state index in [2.05, 4.69) is 6.92 Å². The minimum Gasteiger partial charge on any atom is -0.507 e. The van der Waals surface area contributed by atoms with Crippen LogP contribution in [0.15, 0.2) is 66.2 Å². The summed E-state index contributed by atoms with van der Waals surface area (Å²) in [5, 5.41) is 11.9. The summed E-state index contributed by atoms with van der Waals surface area (Å²) >= 11 is 1.27. The molecular weight excluding hydrogens is 592 g/mol. The molecule has 0 bridgehead atoms. The third-order valence-electron chi connectivity index (χ3n) is 7.42. The first-order valence-electron chi connectivity index (χ1n) is 15.3. The van der Waals surface area contributed by atoms with Crippen LogP contribution in [0.2, 0.25) is 0 Å². The van der Waals surface area contributed by atoms with Crippen molar-refractivity contribution in [2.75, 3.05) is 31.8 Å². The molecule has 1 unspecified atom stereocenters. The highest BCUT2D eigenvalue weighted by molar-refractivity contribution is 7.22. The summed E-state index contributed by atoms with van der Waals surface area (Å²) in [5.41, 5.74) is 1.56. The average molecular weight is 631 g/mol. The molecule has 0 spiro atoms. The molecule has 4 aromatic rings. The number of Topliss-reactive ketones (excluding diaryl/α,β-unsaturated/α-hetero) is 1. The lowest BCUT2D eigenvalue weighted by Gasteiger charge is -2.24. The van der Waals surface area contributed by atoms with Crippen molar-refractivity contribution < 1.29 is 33.6 Å². The fourth-order valence-electron chi connectivity index (χ4n) is 5.19. The summed E-state index contributed by atoms with van der Waals surface area (Å²) in [6, 6.07) is 16.6. The number of carbonyl (C=O) groups excluding carboxylic acids is 2. The second kappa shape index (κ2) is 14.5. The van der Waals surface area contributed by atoms with Crippen LogP contribution in [-0.2, 0) is 9.59 Å². The number of hydrogen-bond acceptors (Lipinski definition) is 9. The molecule has 45 heavy (non-hydrogen) atoms. The highest BCUT2D eigenvalue weighted by Crippen LogP contribution is 2.46. The number of aromatic nitrogens is 1. The number of thiazole rings is 1. The molecule has 1 amide bonds. The monoisotopic (exact) mass is 630 g/mol. The third kappa shape index (κ3) is 6.76. The van der Waals surface area contributed by atoms with Gasteiger partial charge < -0.3 is 24.1 Å². The first-order chi connectivity index (χ1) is 21.9. The summed E-state index contributed by atoms with van der Waals surface area (Å²) in [7, 11) is 1.54. The molecule has 1 saturated heterocycles. The van der Waals surface area contributed by atoms with Crippen LogP contribution in [0.4, 0.5) is 5.13 Å². The van der Waals surface area contributed by atoms with Crippen LogP contribution < -0.4 is 23.8 Å². The number of unbranched alkanes of at least 4 members (excludes halogenated alkanes) is 2. The molecule has 1 aliphatic heterocycles. The Labute approximate surface area is 267 Å². The van der Waals surface area contributed by atoms with Gasteiger partial charge in [-0.15, -0.1) is 0 Å². The van der Waals surface area contributed by atoms with E-state index in [4.69, 9.17) is 23.9 Å². The molecule has 1 aliphatic rings. The minimum atomic E-state index is -0.976. The predicted octanol–water partition coefficient (Wildman–Crippen LogP) is 7.69. The summed E-state index contributed by atoms with van der Waals surface area (Å²) in [5.74, 6) is 0.457. The van der Waals surface area contributed by atoms with Gasteiger partial charge in [-0.25, -0.2) is 4.98 Å². The summed E-state index contributed by atoms with van der Waals surface area (Å²) < 4.78 is 23.8. The van der Waals surface area contributed by atoms with E-state index in [9.17, 15) is 14.7 Å². The minimum absolute atomic E-state index is 0.0462. The number of ketones is 1. The number of rotatable bonds is 14. The Morgan fingerprint density at radius 1 is 0.867 bits per heavy atom. The zero-order valence-corrected chi connectivity index (χ0v) is 26.8. The maximum absolute atomic E-state index is 13.8. The Morgan fingerprint density at radius 3 is 2.36 bits per heavy atom. The topological polar surface area (TPSA) is 107 Å². The van der Waals surface area contributed by atoms with Gasteiger partial charge in [-0.2, -0.15) is 0 Å². The Balaban J connectivity index is 1.61. The summed E-state index contributed by atoms with van der Waals surface area (Å²) in [6.45, 7) is 7.66. The number of carbonyl (C=O) groups is 2. The highest BCUT2D eigenvalue weighted by Gasteiger charge is 2.48. The van der Waals surface area contributed by atoms with E-state index in [1.165, 1.54) is 16.2 Å². The number of amides is 1. The number of methoxy groups -OCH3 is 1. The second-order valence-electron chi connectivity index (χ2n) is 10.6. The van der Waals surface area contributed by atoms with Crippen molar-refractivity contribution >= 4 is 44.1 Å². The van der Waals surface area contributed by atoms with E-state index in [1.807, 2.05) is 32.0 Å². The zero-order valence-electron chi connectivity index (χ0n) is 26.0. The zero-order chi connectivity index (χ0) is 31.9. The summed E-state index contributed by atoms with van der Waals surface area (Å²) in [6.07, 6.45) is 3.89. The van der Waals surface area contributed by atoms with Crippen molar-refractivity contribution in [3.63, 3.8) is 0 Å². The first-order valence-corrected chi connectivity index (χ1v) is 16.1. The molecule has 1 fully saturated rings. The molecule has 0 saturated carbocycles. The van der Waals surface area contributed by atoms with Crippen LogP contribution in [0, 0.1) is 0 Å². The first kappa shape index (κ1) is 31.8. The Bertz CT molecular complexity index is 1700. The summed E-state index contributed by atoms with van der Waals surface area (Å²) in [4.78, 5) is 33.6. The lowest BCUT2D eigenvalue weighted by molar-refractivity contribution is -0.132. The molecule has 9 nitrogen and oxygen atoms in total. The molecule has 1 aromatic heterocycles. The van der Waals surface area contributed by atoms with Gasteiger partial charge in [0.2, 0.25) is 0 Å². The Kier molecular flexibility index (Phi) is 10.2. The van der Waals surface area contributed by atoms with Crippen molar-refractivity contribution in [2.24, 2.45) is 0 Å². The number of benzene rings is 3. The van der Waals surface area contributed by atoms with Crippen molar-refractivity contribution in [2.45, 2.75) is 52.5 Å². The number of anilines is 1. The molecule has 236 valence electrons. The van der Waals surface area contributed by atoms with Crippen LogP contribution in [0.1, 0.15) is 63.6 Å². The maximum atomic E-state index is 13.8. The Morgan fingerprint density at radius 2 is 1.64 bits per heavy atom. The van der Waals surface area contributed by atoms with Crippen LogP contribution in [0.5, 0.6) is 23.0 Å². The smallest absolute Gasteiger partial charge is 0.301 e. The second-order valence-corrected chi connectivity index (χ2v) is 11.6. The molecule has 3 aromatic carbocycles. The maximum Gasteiger partial charge on any atom is 0.301 e. The van der Waals surface area contributed by atoms with Crippen molar-refractivity contribution in [1.82, 2.24) is 4.98 Å². The molecule has 5 rings (SSSR count). The van der Waals surface area contributed by atoms with Crippen LogP contribution >= 0.6 is 11.3 Å².